The van der Waals surface area contributed by atoms with Gasteiger partial charge < -0.3 is 16.2 Å². The van der Waals surface area contributed by atoms with Crippen LogP contribution in [0.1, 0.15) is 46.0 Å². The van der Waals surface area contributed by atoms with Crippen LogP contribution in [0.5, 0.6) is 0 Å². The molecule has 4 nitrogen and oxygen atoms in total. The maximum Gasteiger partial charge on any atom is 0.220 e. The van der Waals surface area contributed by atoms with E-state index < -0.39 is 0 Å². The molecule has 1 amide bonds. The Morgan fingerprint density at radius 2 is 2.06 bits per heavy atom. The van der Waals surface area contributed by atoms with E-state index in [0.29, 0.717) is 25.8 Å². The second kappa shape index (κ2) is 5.64. The molecule has 0 atom stereocenters. The summed E-state index contributed by atoms with van der Waals surface area (Å²) in [4.78, 5) is 11.6. The van der Waals surface area contributed by atoms with E-state index in [2.05, 4.69) is 19.2 Å². The molecule has 0 aromatic carbocycles. The van der Waals surface area contributed by atoms with Crippen LogP contribution >= 0.6 is 0 Å². The summed E-state index contributed by atoms with van der Waals surface area (Å²) in [6.07, 6.45) is 3.57. The highest BCUT2D eigenvalue weighted by molar-refractivity contribution is 5.76. The number of nitrogens with one attached hydrogen (secondary N) is 1. The summed E-state index contributed by atoms with van der Waals surface area (Å²) in [5.74, 6) is 0.0991. The zero-order chi connectivity index (χ0) is 12.2. The van der Waals surface area contributed by atoms with E-state index in [1.807, 2.05) is 0 Å². The molecule has 1 aliphatic carbocycles. The zero-order valence-corrected chi connectivity index (χ0v) is 10.3. The number of aliphatic hydroxyl groups is 1. The van der Waals surface area contributed by atoms with Crippen molar-refractivity contribution in [1.29, 1.82) is 0 Å². The van der Waals surface area contributed by atoms with Crippen LogP contribution in [-0.4, -0.2) is 29.7 Å². The van der Waals surface area contributed by atoms with Crippen molar-refractivity contribution in [2.45, 2.75) is 58.1 Å². The standard InChI is InChI=1S/C12H24N2O2/c1-12(2,5-6-13)4-3-11(16)14-9-7-10(15)8-9/h9-10,15H,3-8,13H2,1-2H3,(H,14,16). The molecule has 1 rings (SSSR count). The fourth-order valence-electron chi connectivity index (χ4n) is 1.97. The predicted molar refractivity (Wildman–Crippen MR) is 63.9 cm³/mol. The van der Waals surface area contributed by atoms with E-state index in [4.69, 9.17) is 10.8 Å². The molecule has 0 unspecified atom stereocenters. The summed E-state index contributed by atoms with van der Waals surface area (Å²) >= 11 is 0. The number of hydrogen-bond donors (Lipinski definition) is 3. The van der Waals surface area contributed by atoms with Gasteiger partial charge in [-0.2, -0.15) is 0 Å². The third kappa shape index (κ3) is 4.49. The lowest BCUT2D eigenvalue weighted by atomic mass is 9.84. The maximum absolute atomic E-state index is 11.6. The highest BCUT2D eigenvalue weighted by Crippen LogP contribution is 2.26. The molecule has 0 radical (unpaired) electrons. The minimum Gasteiger partial charge on any atom is -0.393 e. The first-order chi connectivity index (χ1) is 7.43. The van der Waals surface area contributed by atoms with Crippen LogP contribution < -0.4 is 11.1 Å². The van der Waals surface area contributed by atoms with Crippen LogP contribution in [0, 0.1) is 5.41 Å². The molecular formula is C12H24N2O2. The minimum atomic E-state index is -0.209. The Morgan fingerprint density at radius 1 is 1.44 bits per heavy atom. The first kappa shape index (κ1) is 13.5. The predicted octanol–water partition coefficient (Wildman–Crippen LogP) is 0.781. The molecule has 0 aromatic rings. The number of rotatable bonds is 6. The summed E-state index contributed by atoms with van der Waals surface area (Å²) in [7, 11) is 0. The molecule has 0 aromatic heterocycles. The third-order valence-corrected chi connectivity index (χ3v) is 3.33. The van der Waals surface area contributed by atoms with E-state index in [1.165, 1.54) is 0 Å². The van der Waals surface area contributed by atoms with Gasteiger partial charge in [0.1, 0.15) is 0 Å². The van der Waals surface area contributed by atoms with Crippen molar-refractivity contribution in [1.82, 2.24) is 5.32 Å². The topological polar surface area (TPSA) is 75.4 Å². The van der Waals surface area contributed by atoms with Gasteiger partial charge in [-0.1, -0.05) is 13.8 Å². The Kier molecular flexibility index (Phi) is 4.74. The van der Waals surface area contributed by atoms with Gasteiger partial charge in [-0.15, -0.1) is 0 Å². The molecule has 1 aliphatic rings. The Hall–Kier alpha value is -0.610. The minimum absolute atomic E-state index is 0.0991. The van der Waals surface area contributed by atoms with Crippen LogP contribution in [0.25, 0.3) is 0 Å². The lowest BCUT2D eigenvalue weighted by Crippen LogP contribution is -2.46. The van der Waals surface area contributed by atoms with Gasteiger partial charge in [0.15, 0.2) is 0 Å². The highest BCUT2D eigenvalue weighted by atomic mass is 16.3. The summed E-state index contributed by atoms with van der Waals surface area (Å²) in [6.45, 7) is 4.95. The fraction of sp³-hybridized carbons (Fsp3) is 0.917. The van der Waals surface area contributed by atoms with Gasteiger partial charge >= 0.3 is 0 Å². The fourth-order valence-corrected chi connectivity index (χ4v) is 1.97. The lowest BCUT2D eigenvalue weighted by Gasteiger charge is -2.32. The van der Waals surface area contributed by atoms with E-state index in [0.717, 1.165) is 12.8 Å². The number of amides is 1. The van der Waals surface area contributed by atoms with Crippen LogP contribution in [0.4, 0.5) is 0 Å². The highest BCUT2D eigenvalue weighted by Gasteiger charge is 2.28. The average molecular weight is 228 g/mol. The lowest BCUT2D eigenvalue weighted by molar-refractivity contribution is -0.123. The van der Waals surface area contributed by atoms with Gasteiger partial charge in [-0.25, -0.2) is 0 Å². The molecule has 0 spiro atoms. The van der Waals surface area contributed by atoms with Crippen molar-refractivity contribution in [3.63, 3.8) is 0 Å². The quantitative estimate of drug-likeness (QED) is 0.629. The van der Waals surface area contributed by atoms with Crippen molar-refractivity contribution in [3.05, 3.63) is 0 Å². The van der Waals surface area contributed by atoms with Crippen LogP contribution in [0.15, 0.2) is 0 Å². The number of aliphatic hydroxyl groups excluding tert-OH is 1. The molecule has 1 fully saturated rings. The number of carbonyl (C=O) groups is 1. The molecule has 0 aliphatic heterocycles. The van der Waals surface area contributed by atoms with Crippen LogP contribution in [-0.2, 0) is 4.79 Å². The molecule has 94 valence electrons. The van der Waals surface area contributed by atoms with Crippen molar-refractivity contribution in [2.24, 2.45) is 11.1 Å². The summed E-state index contributed by atoms with van der Waals surface area (Å²) in [5, 5.41) is 12.0. The van der Waals surface area contributed by atoms with Crippen molar-refractivity contribution in [3.8, 4) is 0 Å². The van der Waals surface area contributed by atoms with E-state index in [-0.39, 0.29) is 23.5 Å². The van der Waals surface area contributed by atoms with Gasteiger partial charge in [-0.3, -0.25) is 4.79 Å². The van der Waals surface area contributed by atoms with Crippen molar-refractivity contribution in [2.75, 3.05) is 6.54 Å². The van der Waals surface area contributed by atoms with E-state index >= 15 is 0 Å². The monoisotopic (exact) mass is 228 g/mol. The van der Waals surface area contributed by atoms with Gasteiger partial charge in [-0.05, 0) is 37.6 Å². The normalized spacial score (nSPS) is 25.0. The third-order valence-electron chi connectivity index (χ3n) is 3.33. The molecule has 0 bridgehead atoms. The Morgan fingerprint density at radius 3 is 2.56 bits per heavy atom. The Balaban J connectivity index is 2.14. The second-order valence-electron chi connectivity index (χ2n) is 5.59. The molecule has 0 heterocycles. The second-order valence-corrected chi connectivity index (χ2v) is 5.59. The molecule has 0 saturated heterocycles. The first-order valence-corrected chi connectivity index (χ1v) is 6.10. The van der Waals surface area contributed by atoms with Gasteiger partial charge in [0.05, 0.1) is 6.10 Å². The van der Waals surface area contributed by atoms with Gasteiger partial charge in [0, 0.05) is 12.5 Å². The van der Waals surface area contributed by atoms with Crippen LogP contribution in [0.3, 0.4) is 0 Å². The Labute approximate surface area is 97.6 Å². The summed E-state index contributed by atoms with van der Waals surface area (Å²) in [5.41, 5.74) is 5.66. The van der Waals surface area contributed by atoms with E-state index in [9.17, 15) is 4.79 Å². The summed E-state index contributed by atoms with van der Waals surface area (Å²) in [6, 6.07) is 0.195. The largest absolute Gasteiger partial charge is 0.393 e. The molecule has 4 N–H and O–H groups in total. The molecule has 16 heavy (non-hydrogen) atoms. The first-order valence-electron chi connectivity index (χ1n) is 6.10. The van der Waals surface area contributed by atoms with Gasteiger partial charge in [0.2, 0.25) is 5.91 Å². The van der Waals surface area contributed by atoms with Crippen molar-refractivity contribution < 1.29 is 9.90 Å². The Bertz CT molecular complexity index is 235. The zero-order valence-electron chi connectivity index (χ0n) is 10.3. The summed E-state index contributed by atoms with van der Waals surface area (Å²) < 4.78 is 0. The average Bonchev–Trinajstić information content (AvgIpc) is 2.12. The van der Waals surface area contributed by atoms with Crippen molar-refractivity contribution >= 4 is 5.91 Å². The maximum atomic E-state index is 11.6. The number of nitrogens with two attached hydrogens (primary N) is 1. The number of hydrogen-bond acceptors (Lipinski definition) is 3. The van der Waals surface area contributed by atoms with Gasteiger partial charge in [0.25, 0.3) is 0 Å². The molecule has 1 saturated carbocycles. The van der Waals surface area contributed by atoms with E-state index in [1.54, 1.807) is 0 Å². The molecular weight excluding hydrogens is 204 g/mol. The SMILES string of the molecule is CC(C)(CCN)CCC(=O)NC1CC(O)C1. The smallest absolute Gasteiger partial charge is 0.220 e. The number of carbonyl (C=O) groups excluding carboxylic acids is 1. The van der Waals surface area contributed by atoms with Crippen LogP contribution in [0.2, 0.25) is 0 Å². The molecule has 4 heteroatoms.